The van der Waals surface area contributed by atoms with Crippen LogP contribution in [-0.4, -0.2) is 26.4 Å². The first kappa shape index (κ1) is 16.3. The largest absolute Gasteiger partial charge is 0.481 e. The molecule has 0 radical (unpaired) electrons. The molecule has 1 amide bonds. The molecule has 6 heteroatoms. The van der Waals surface area contributed by atoms with Gasteiger partial charge < -0.3 is 14.8 Å². The summed E-state index contributed by atoms with van der Waals surface area (Å²) in [4.78, 5) is 28.0. The monoisotopic (exact) mass is 349 g/mol. The van der Waals surface area contributed by atoms with Crippen molar-refractivity contribution in [3.05, 3.63) is 54.4 Å². The number of hydrogen-bond acceptors (Lipinski definition) is 3. The molecule has 6 nitrogen and oxygen atoms in total. The number of benzene rings is 1. The molecular formula is C20H19N3O3. The number of anilines is 1. The van der Waals surface area contributed by atoms with Gasteiger partial charge in [0, 0.05) is 23.6 Å². The second-order valence-electron chi connectivity index (χ2n) is 6.74. The third-order valence-corrected chi connectivity index (χ3v) is 5.05. The fourth-order valence-corrected chi connectivity index (χ4v) is 3.36. The number of aliphatic carboxylic acids is 1. The highest BCUT2D eigenvalue weighted by atomic mass is 16.4. The normalized spacial score (nSPS) is 19.1. The van der Waals surface area contributed by atoms with Crippen LogP contribution in [0.1, 0.15) is 18.4 Å². The number of hydrogen-bond donors (Lipinski definition) is 2. The molecule has 1 aromatic carbocycles. The molecule has 0 spiro atoms. The maximum absolute atomic E-state index is 12.2. The first-order chi connectivity index (χ1) is 12.5. The molecule has 2 heterocycles. The molecule has 2 aromatic heterocycles. The summed E-state index contributed by atoms with van der Waals surface area (Å²) in [5.41, 5.74) is 4.51. The van der Waals surface area contributed by atoms with Crippen molar-refractivity contribution >= 4 is 23.2 Å². The minimum Gasteiger partial charge on any atom is -0.481 e. The average Bonchev–Trinajstić information content (AvgIpc) is 2.99. The van der Waals surface area contributed by atoms with Crippen LogP contribution in [0.5, 0.6) is 0 Å². The first-order valence-electron chi connectivity index (χ1n) is 8.61. The molecule has 0 unspecified atom stereocenters. The van der Waals surface area contributed by atoms with Crippen LogP contribution in [0.25, 0.3) is 16.9 Å². The van der Waals surface area contributed by atoms with Gasteiger partial charge in [-0.1, -0.05) is 18.2 Å². The van der Waals surface area contributed by atoms with E-state index in [9.17, 15) is 9.59 Å². The number of amides is 1. The van der Waals surface area contributed by atoms with E-state index < -0.39 is 17.8 Å². The van der Waals surface area contributed by atoms with Crippen molar-refractivity contribution in [1.29, 1.82) is 0 Å². The second kappa shape index (κ2) is 6.29. The number of fused-ring (bicyclic) bond motifs is 1. The Labute approximate surface area is 150 Å². The number of carbonyl (C=O) groups is 2. The van der Waals surface area contributed by atoms with Gasteiger partial charge in [0.25, 0.3) is 0 Å². The summed E-state index contributed by atoms with van der Waals surface area (Å²) in [5.74, 6) is -2.11. The van der Waals surface area contributed by atoms with Crippen molar-refractivity contribution < 1.29 is 14.7 Å². The summed E-state index contributed by atoms with van der Waals surface area (Å²) in [5, 5.41) is 11.9. The molecule has 1 aliphatic rings. The third kappa shape index (κ3) is 2.83. The Balaban J connectivity index is 1.50. The van der Waals surface area contributed by atoms with E-state index in [1.165, 1.54) is 0 Å². The zero-order valence-corrected chi connectivity index (χ0v) is 14.3. The number of carbonyl (C=O) groups excluding carboxylic acids is 1. The predicted molar refractivity (Wildman–Crippen MR) is 97.8 cm³/mol. The summed E-state index contributed by atoms with van der Waals surface area (Å²) in [7, 11) is 0. The predicted octanol–water partition coefficient (Wildman–Crippen LogP) is 3.36. The number of carboxylic acid groups (broad SMARTS) is 1. The number of nitrogens with one attached hydrogen (secondary N) is 1. The number of carboxylic acids is 1. The number of pyridine rings is 1. The molecule has 0 aliphatic heterocycles. The van der Waals surface area contributed by atoms with Crippen molar-refractivity contribution in [2.24, 2.45) is 11.8 Å². The number of nitrogens with zero attached hydrogens (tertiary/aromatic N) is 2. The highest BCUT2D eigenvalue weighted by Gasteiger charge is 2.41. The lowest BCUT2D eigenvalue weighted by atomic mass is 9.73. The molecule has 0 saturated heterocycles. The molecule has 2 N–H and O–H groups in total. The Morgan fingerprint density at radius 3 is 2.50 bits per heavy atom. The Morgan fingerprint density at radius 1 is 1.15 bits per heavy atom. The van der Waals surface area contributed by atoms with Crippen LogP contribution in [0.2, 0.25) is 0 Å². The van der Waals surface area contributed by atoms with Crippen molar-refractivity contribution in [3.8, 4) is 11.3 Å². The lowest BCUT2D eigenvalue weighted by Crippen LogP contribution is -2.41. The van der Waals surface area contributed by atoms with Crippen LogP contribution in [0.4, 0.5) is 5.69 Å². The van der Waals surface area contributed by atoms with Crippen LogP contribution >= 0.6 is 0 Å². The van der Waals surface area contributed by atoms with E-state index in [0.717, 1.165) is 22.5 Å². The van der Waals surface area contributed by atoms with E-state index in [1.54, 1.807) is 0 Å². The van der Waals surface area contributed by atoms with Gasteiger partial charge in [0.1, 0.15) is 5.65 Å². The lowest BCUT2D eigenvalue weighted by Gasteiger charge is -2.31. The highest BCUT2D eigenvalue weighted by Crippen LogP contribution is 2.35. The molecule has 132 valence electrons. The maximum Gasteiger partial charge on any atom is 0.307 e. The minimum atomic E-state index is -0.895. The first-order valence-corrected chi connectivity index (χ1v) is 8.61. The fourth-order valence-electron chi connectivity index (χ4n) is 3.36. The zero-order valence-electron chi connectivity index (χ0n) is 14.3. The van der Waals surface area contributed by atoms with Crippen molar-refractivity contribution in [2.45, 2.75) is 19.8 Å². The van der Waals surface area contributed by atoms with Gasteiger partial charge in [-0.3, -0.25) is 9.59 Å². The quantitative estimate of drug-likeness (QED) is 0.756. The molecule has 2 atom stereocenters. The Hall–Kier alpha value is -3.15. The molecule has 1 fully saturated rings. The summed E-state index contributed by atoms with van der Waals surface area (Å²) in [6.07, 6.45) is 5.13. The van der Waals surface area contributed by atoms with Crippen LogP contribution in [0, 0.1) is 18.8 Å². The molecule has 26 heavy (non-hydrogen) atoms. The topological polar surface area (TPSA) is 83.7 Å². The van der Waals surface area contributed by atoms with Gasteiger partial charge in [-0.05, 0) is 43.5 Å². The molecule has 3 aromatic rings. The van der Waals surface area contributed by atoms with Gasteiger partial charge >= 0.3 is 5.97 Å². The van der Waals surface area contributed by atoms with Crippen molar-refractivity contribution in [2.75, 3.05) is 5.32 Å². The summed E-state index contributed by atoms with van der Waals surface area (Å²) in [6.45, 7) is 2.02. The average molecular weight is 349 g/mol. The van der Waals surface area contributed by atoms with Gasteiger partial charge in [0.05, 0.1) is 17.5 Å². The van der Waals surface area contributed by atoms with E-state index >= 15 is 0 Å². The van der Waals surface area contributed by atoms with Crippen LogP contribution in [0.15, 0.2) is 48.8 Å². The van der Waals surface area contributed by atoms with E-state index in [0.29, 0.717) is 18.5 Å². The zero-order chi connectivity index (χ0) is 18.3. The number of rotatable bonds is 4. The van der Waals surface area contributed by atoms with Crippen LogP contribution in [0.3, 0.4) is 0 Å². The summed E-state index contributed by atoms with van der Waals surface area (Å²) >= 11 is 0. The van der Waals surface area contributed by atoms with E-state index in [-0.39, 0.29) is 5.91 Å². The number of imidazole rings is 1. The van der Waals surface area contributed by atoms with E-state index in [4.69, 9.17) is 5.11 Å². The fraction of sp³-hybridized carbons (Fsp3) is 0.250. The minimum absolute atomic E-state index is 0.222. The van der Waals surface area contributed by atoms with Gasteiger partial charge in [-0.2, -0.15) is 0 Å². The summed E-state index contributed by atoms with van der Waals surface area (Å²) < 4.78 is 1.99. The van der Waals surface area contributed by atoms with E-state index in [1.807, 2.05) is 60.1 Å². The molecule has 4 rings (SSSR count). The Morgan fingerprint density at radius 2 is 1.88 bits per heavy atom. The Kier molecular flexibility index (Phi) is 3.95. The SMILES string of the molecule is Cc1cccn2cc(-c3ccc(NC(=O)[C@@H]4CC[C@H]4C(=O)O)cc3)nc12. The second-order valence-corrected chi connectivity index (χ2v) is 6.74. The van der Waals surface area contributed by atoms with Crippen molar-refractivity contribution in [3.63, 3.8) is 0 Å². The van der Waals surface area contributed by atoms with Crippen LogP contribution < -0.4 is 5.32 Å². The van der Waals surface area contributed by atoms with Crippen molar-refractivity contribution in [1.82, 2.24) is 9.38 Å². The smallest absolute Gasteiger partial charge is 0.307 e. The molecule has 0 bridgehead atoms. The van der Waals surface area contributed by atoms with Crippen LogP contribution in [-0.2, 0) is 9.59 Å². The lowest BCUT2D eigenvalue weighted by molar-refractivity contribution is -0.151. The molecule has 1 saturated carbocycles. The number of aryl methyl sites for hydroxylation is 1. The van der Waals surface area contributed by atoms with E-state index in [2.05, 4.69) is 10.3 Å². The van der Waals surface area contributed by atoms with Gasteiger partial charge in [0.2, 0.25) is 5.91 Å². The van der Waals surface area contributed by atoms with Gasteiger partial charge in [-0.15, -0.1) is 0 Å². The van der Waals surface area contributed by atoms with Gasteiger partial charge in [0.15, 0.2) is 0 Å². The third-order valence-electron chi connectivity index (χ3n) is 5.05. The number of aromatic nitrogens is 2. The summed E-state index contributed by atoms with van der Waals surface area (Å²) in [6, 6.07) is 11.5. The molecular weight excluding hydrogens is 330 g/mol. The Bertz CT molecular complexity index is 991. The standard InChI is InChI=1S/C20H19N3O3/c1-12-3-2-10-23-11-17(22-18(12)23)13-4-6-14(7-5-13)21-19(24)15-8-9-16(15)20(25)26/h2-7,10-11,15-16H,8-9H2,1H3,(H,21,24)(H,25,26)/t15-,16-/m1/s1. The maximum atomic E-state index is 12.2. The molecule has 1 aliphatic carbocycles. The highest BCUT2D eigenvalue weighted by molar-refractivity contribution is 5.96. The van der Waals surface area contributed by atoms with Gasteiger partial charge in [-0.25, -0.2) is 4.98 Å².